The minimum absolute atomic E-state index is 0.957. The Bertz CT molecular complexity index is 938. The molecule has 0 spiro atoms. The summed E-state index contributed by atoms with van der Waals surface area (Å²) in [7, 11) is 4.08. The summed E-state index contributed by atoms with van der Waals surface area (Å²) in [6.45, 7) is 2.03. The number of pyridine rings is 1. The van der Waals surface area contributed by atoms with Crippen LogP contribution in [-0.2, 0) is 0 Å². The molecule has 0 radical (unpaired) electrons. The molecule has 0 fully saturated rings. The first-order valence-electron chi connectivity index (χ1n) is 8.06. The molecule has 3 nitrogen and oxygen atoms in total. The average Bonchev–Trinajstić information content (AvgIpc) is 2.89. The van der Waals surface area contributed by atoms with Gasteiger partial charge in [0, 0.05) is 42.8 Å². The molecule has 0 saturated heterocycles. The van der Waals surface area contributed by atoms with Gasteiger partial charge in [-0.05, 0) is 48.4 Å². The van der Waals surface area contributed by atoms with E-state index in [-0.39, 0.29) is 0 Å². The van der Waals surface area contributed by atoms with Gasteiger partial charge in [0.05, 0.1) is 11.4 Å². The number of fused-ring (bicyclic) bond motifs is 3. The minimum Gasteiger partial charge on any atom is -0.378 e. The van der Waals surface area contributed by atoms with Crippen LogP contribution >= 0.6 is 0 Å². The predicted octanol–water partition coefficient (Wildman–Crippen LogP) is 4.61. The monoisotopic (exact) mass is 313 g/mol. The van der Waals surface area contributed by atoms with Crippen molar-refractivity contribution in [2.75, 3.05) is 19.0 Å². The summed E-state index contributed by atoms with van der Waals surface area (Å²) in [4.78, 5) is 11.5. The molecular formula is C21H19N3. The third kappa shape index (κ3) is 2.38. The van der Waals surface area contributed by atoms with Gasteiger partial charge in [0.1, 0.15) is 0 Å². The molecule has 0 bridgehead atoms. The number of aliphatic imine (C=N–C) groups is 1. The molecule has 1 aliphatic rings. The summed E-state index contributed by atoms with van der Waals surface area (Å²) < 4.78 is 0. The summed E-state index contributed by atoms with van der Waals surface area (Å²) in [6.07, 6.45) is 1.94. The Hall–Kier alpha value is -2.94. The largest absolute Gasteiger partial charge is 0.378 e. The molecule has 3 aromatic rings. The highest BCUT2D eigenvalue weighted by Crippen LogP contribution is 2.37. The predicted molar refractivity (Wildman–Crippen MR) is 100 cm³/mol. The van der Waals surface area contributed by atoms with Gasteiger partial charge < -0.3 is 4.90 Å². The standard InChI is InChI=1S/C21H19N3/c1-14-12-19-17-6-4-5-7-18(17)21(20(19)13-22-14)23-15-8-10-16(11-9-15)24(2)3/h4-13H,1-3H3. The van der Waals surface area contributed by atoms with Crippen LogP contribution in [-0.4, -0.2) is 24.8 Å². The van der Waals surface area contributed by atoms with Crippen molar-refractivity contribution in [3.05, 3.63) is 77.6 Å². The Morgan fingerprint density at radius 1 is 0.833 bits per heavy atom. The molecule has 0 saturated carbocycles. The van der Waals surface area contributed by atoms with E-state index in [0.717, 1.165) is 22.7 Å². The number of rotatable bonds is 2. The van der Waals surface area contributed by atoms with Gasteiger partial charge in [0.15, 0.2) is 0 Å². The van der Waals surface area contributed by atoms with Crippen LogP contribution in [0.1, 0.15) is 16.8 Å². The summed E-state index contributed by atoms with van der Waals surface area (Å²) in [5, 5.41) is 0. The first kappa shape index (κ1) is 14.6. The van der Waals surface area contributed by atoms with Gasteiger partial charge in [-0.3, -0.25) is 4.98 Å². The van der Waals surface area contributed by atoms with Crippen molar-refractivity contribution in [3.63, 3.8) is 0 Å². The van der Waals surface area contributed by atoms with Crippen LogP contribution in [0.15, 0.2) is 65.8 Å². The van der Waals surface area contributed by atoms with Crippen molar-refractivity contribution < 1.29 is 0 Å². The minimum atomic E-state index is 0.957. The van der Waals surface area contributed by atoms with E-state index >= 15 is 0 Å². The highest BCUT2D eigenvalue weighted by atomic mass is 15.1. The van der Waals surface area contributed by atoms with Gasteiger partial charge >= 0.3 is 0 Å². The van der Waals surface area contributed by atoms with Crippen LogP contribution in [0.3, 0.4) is 0 Å². The molecule has 1 heterocycles. The Morgan fingerprint density at radius 3 is 2.25 bits per heavy atom. The molecule has 3 heteroatoms. The Balaban J connectivity index is 1.86. The van der Waals surface area contributed by atoms with E-state index in [1.165, 1.54) is 22.4 Å². The number of aryl methyl sites for hydroxylation is 1. The van der Waals surface area contributed by atoms with Crippen LogP contribution in [0.4, 0.5) is 11.4 Å². The molecule has 0 N–H and O–H groups in total. The molecule has 0 unspecified atom stereocenters. The van der Waals surface area contributed by atoms with Crippen molar-refractivity contribution in [1.82, 2.24) is 4.98 Å². The normalized spacial score (nSPS) is 13.7. The van der Waals surface area contributed by atoms with E-state index in [4.69, 9.17) is 4.99 Å². The third-order valence-corrected chi connectivity index (χ3v) is 4.38. The zero-order valence-corrected chi connectivity index (χ0v) is 14.1. The molecule has 0 atom stereocenters. The quantitative estimate of drug-likeness (QED) is 0.541. The number of hydrogen-bond donors (Lipinski definition) is 0. The lowest BCUT2D eigenvalue weighted by atomic mass is 10.1. The van der Waals surface area contributed by atoms with Gasteiger partial charge in [-0.2, -0.15) is 0 Å². The zero-order chi connectivity index (χ0) is 16.7. The van der Waals surface area contributed by atoms with Gasteiger partial charge in [-0.1, -0.05) is 24.3 Å². The summed E-state index contributed by atoms with van der Waals surface area (Å²) >= 11 is 0. The number of nitrogens with zero attached hydrogens (tertiary/aromatic N) is 3. The van der Waals surface area contributed by atoms with E-state index < -0.39 is 0 Å². The first-order chi connectivity index (χ1) is 11.6. The molecule has 0 aliphatic heterocycles. The highest BCUT2D eigenvalue weighted by Gasteiger charge is 2.24. The van der Waals surface area contributed by atoms with Crippen molar-refractivity contribution in [1.29, 1.82) is 0 Å². The molecular weight excluding hydrogens is 294 g/mol. The second kappa shape index (κ2) is 5.60. The molecule has 1 aliphatic carbocycles. The zero-order valence-electron chi connectivity index (χ0n) is 14.1. The van der Waals surface area contributed by atoms with Crippen molar-refractivity contribution in [2.24, 2.45) is 4.99 Å². The van der Waals surface area contributed by atoms with Gasteiger partial charge in [0.2, 0.25) is 0 Å². The third-order valence-electron chi connectivity index (χ3n) is 4.38. The van der Waals surface area contributed by atoms with Crippen molar-refractivity contribution >= 4 is 17.1 Å². The molecule has 24 heavy (non-hydrogen) atoms. The molecule has 4 rings (SSSR count). The number of hydrogen-bond acceptors (Lipinski definition) is 3. The van der Waals surface area contributed by atoms with E-state index in [9.17, 15) is 0 Å². The molecule has 2 aromatic carbocycles. The molecule has 1 aromatic heterocycles. The Kier molecular flexibility index (Phi) is 3.42. The van der Waals surface area contributed by atoms with E-state index in [1.54, 1.807) is 0 Å². The van der Waals surface area contributed by atoms with Crippen LogP contribution in [0.25, 0.3) is 11.1 Å². The van der Waals surface area contributed by atoms with Crippen molar-refractivity contribution in [2.45, 2.75) is 6.92 Å². The maximum absolute atomic E-state index is 4.93. The van der Waals surface area contributed by atoms with Gasteiger partial charge in [0.25, 0.3) is 0 Å². The number of benzene rings is 2. The fourth-order valence-electron chi connectivity index (χ4n) is 3.12. The first-order valence-corrected chi connectivity index (χ1v) is 8.06. The second-order valence-electron chi connectivity index (χ2n) is 6.29. The van der Waals surface area contributed by atoms with Gasteiger partial charge in [-0.25, -0.2) is 4.99 Å². The fraction of sp³-hybridized carbons (Fsp3) is 0.143. The van der Waals surface area contributed by atoms with Crippen LogP contribution in [0.5, 0.6) is 0 Å². The van der Waals surface area contributed by atoms with E-state index in [0.29, 0.717) is 0 Å². The summed E-state index contributed by atoms with van der Waals surface area (Å²) in [5.74, 6) is 0. The smallest absolute Gasteiger partial charge is 0.0809 e. The topological polar surface area (TPSA) is 28.5 Å². The van der Waals surface area contributed by atoms with Gasteiger partial charge in [-0.15, -0.1) is 0 Å². The fourth-order valence-corrected chi connectivity index (χ4v) is 3.12. The maximum atomic E-state index is 4.93. The lowest BCUT2D eigenvalue weighted by molar-refractivity contribution is 1.13. The SMILES string of the molecule is Cc1cc2c(cn1)C(=Nc1ccc(N(C)C)cc1)c1ccccc1-2. The van der Waals surface area contributed by atoms with E-state index in [1.807, 2.05) is 27.2 Å². The lowest BCUT2D eigenvalue weighted by Crippen LogP contribution is -2.07. The van der Waals surface area contributed by atoms with Crippen molar-refractivity contribution in [3.8, 4) is 11.1 Å². The maximum Gasteiger partial charge on any atom is 0.0809 e. The molecule has 0 amide bonds. The number of anilines is 1. The average molecular weight is 313 g/mol. The van der Waals surface area contributed by atoms with Crippen LogP contribution in [0.2, 0.25) is 0 Å². The van der Waals surface area contributed by atoms with Crippen LogP contribution < -0.4 is 4.90 Å². The Morgan fingerprint density at radius 2 is 1.54 bits per heavy atom. The highest BCUT2D eigenvalue weighted by molar-refractivity contribution is 6.25. The number of aromatic nitrogens is 1. The summed E-state index contributed by atoms with van der Waals surface area (Å²) in [6, 6.07) is 18.9. The second-order valence-corrected chi connectivity index (χ2v) is 6.29. The molecule has 118 valence electrons. The Labute approximate surface area is 142 Å². The summed E-state index contributed by atoms with van der Waals surface area (Å²) in [5.41, 5.74) is 8.91. The lowest BCUT2D eigenvalue weighted by Gasteiger charge is -2.12. The van der Waals surface area contributed by atoms with E-state index in [2.05, 4.69) is 64.5 Å². The van der Waals surface area contributed by atoms with Crippen LogP contribution in [0, 0.1) is 6.92 Å².